The van der Waals surface area contributed by atoms with Gasteiger partial charge in [0.25, 0.3) is 11.8 Å². The van der Waals surface area contributed by atoms with Crippen LogP contribution in [0.15, 0.2) is 30.3 Å². The second kappa shape index (κ2) is 16.7. The summed E-state index contributed by atoms with van der Waals surface area (Å²) in [6.45, 7) is 3.90. The van der Waals surface area contributed by atoms with Gasteiger partial charge in [-0.2, -0.15) is 0 Å². The fourth-order valence-electron chi connectivity index (χ4n) is 4.61. The monoisotopic (exact) mass is 704 g/mol. The van der Waals surface area contributed by atoms with E-state index in [-0.39, 0.29) is 72.6 Å². The lowest BCUT2D eigenvalue weighted by atomic mass is 10.1. The maximum absolute atomic E-state index is 15.2. The molecule has 2 saturated heterocycles. The minimum atomic E-state index is -0.920. The number of ether oxygens (including phenoxy) is 2. The van der Waals surface area contributed by atoms with E-state index in [2.05, 4.69) is 0 Å². The Balaban J connectivity index is 0.00000552. The molecule has 3 heterocycles. The summed E-state index contributed by atoms with van der Waals surface area (Å²) >= 11 is 8.16. The molecule has 2 aliphatic rings. The maximum atomic E-state index is 15.2. The highest BCUT2D eigenvalue weighted by Gasteiger charge is 2.38. The van der Waals surface area contributed by atoms with Crippen molar-refractivity contribution >= 4 is 87.4 Å². The van der Waals surface area contributed by atoms with Crippen LogP contribution < -0.4 is 15.5 Å². The average Bonchev–Trinajstić information content (AvgIpc) is 3.59. The first-order chi connectivity index (χ1) is 21.0. The minimum Gasteiger partial charge on any atom is -0.442 e. The minimum absolute atomic E-state index is 0. The van der Waals surface area contributed by atoms with Crippen LogP contribution in [0.4, 0.5) is 20.6 Å². The Morgan fingerprint density at radius 1 is 1.18 bits per heavy atom. The Labute approximate surface area is 279 Å². The van der Waals surface area contributed by atoms with E-state index in [4.69, 9.17) is 26.8 Å². The van der Waals surface area contributed by atoms with Crippen molar-refractivity contribution in [1.82, 2.24) is 4.90 Å². The molecular formula is C29H35Cl2FN4O7S2. The van der Waals surface area contributed by atoms with Crippen LogP contribution in [0.3, 0.4) is 0 Å². The molecule has 0 unspecified atom stereocenters. The number of carbonyl (C=O) groups excluding carboxylic acids is 5. The number of thioether (sulfide) groups is 1. The number of hydrogen-bond acceptors (Lipinski definition) is 10. The molecule has 4 rings (SSSR count). The number of amides is 4. The lowest BCUT2D eigenvalue weighted by molar-refractivity contribution is -0.129. The summed E-state index contributed by atoms with van der Waals surface area (Å²) in [5, 5.41) is -0.106. The summed E-state index contributed by atoms with van der Waals surface area (Å²) in [6, 6.07) is 6.59. The zero-order valence-corrected chi connectivity index (χ0v) is 27.9. The van der Waals surface area contributed by atoms with Crippen LogP contribution in [0.1, 0.15) is 42.8 Å². The summed E-state index contributed by atoms with van der Waals surface area (Å²) in [6.07, 6.45) is -0.751. The predicted octanol–water partition coefficient (Wildman–Crippen LogP) is 4.73. The lowest BCUT2D eigenvalue weighted by Crippen LogP contribution is -2.43. The zero-order valence-electron chi connectivity index (χ0n) is 24.7. The van der Waals surface area contributed by atoms with Crippen LogP contribution >= 0.6 is 47.1 Å². The SMILES string of the molecule is CC(C)[C@H](N)C(=O)SCCCCC(=O)N(C[C@H]1CN(c2ccc(N3CCOCC3=O)cc2F)C(=O)O1)C(=O)c1ccc(Cl)s1.Cl. The third kappa shape index (κ3) is 9.39. The molecule has 0 bridgehead atoms. The van der Waals surface area contributed by atoms with Gasteiger partial charge in [0.15, 0.2) is 0 Å². The molecule has 1 aromatic heterocycles. The number of imide groups is 1. The van der Waals surface area contributed by atoms with Gasteiger partial charge in [-0.3, -0.25) is 29.0 Å². The fourth-order valence-corrected chi connectivity index (χ4v) is 6.61. The van der Waals surface area contributed by atoms with Gasteiger partial charge in [0, 0.05) is 24.4 Å². The van der Waals surface area contributed by atoms with Gasteiger partial charge in [0.1, 0.15) is 18.5 Å². The maximum Gasteiger partial charge on any atom is 0.414 e. The highest BCUT2D eigenvalue weighted by molar-refractivity contribution is 8.13. The van der Waals surface area contributed by atoms with Crippen LogP contribution in [0, 0.1) is 11.7 Å². The van der Waals surface area contributed by atoms with Gasteiger partial charge in [-0.25, -0.2) is 9.18 Å². The molecule has 45 heavy (non-hydrogen) atoms. The number of nitrogens with zero attached hydrogens (tertiary/aromatic N) is 3. The number of anilines is 2. The zero-order chi connectivity index (χ0) is 32.0. The first-order valence-corrected chi connectivity index (χ1v) is 16.3. The van der Waals surface area contributed by atoms with Gasteiger partial charge in [0.2, 0.25) is 11.0 Å². The van der Waals surface area contributed by atoms with E-state index in [9.17, 15) is 24.0 Å². The number of cyclic esters (lactones) is 1. The predicted molar refractivity (Wildman–Crippen MR) is 174 cm³/mol. The molecule has 0 radical (unpaired) electrons. The molecule has 2 aliphatic heterocycles. The number of carbonyl (C=O) groups is 5. The van der Waals surface area contributed by atoms with Gasteiger partial charge >= 0.3 is 6.09 Å². The first-order valence-electron chi connectivity index (χ1n) is 14.1. The van der Waals surface area contributed by atoms with Crippen molar-refractivity contribution in [3.8, 4) is 0 Å². The Hall–Kier alpha value is -2.75. The topological polar surface area (TPSA) is 140 Å². The molecule has 0 spiro atoms. The first kappa shape index (κ1) is 36.7. The van der Waals surface area contributed by atoms with Crippen molar-refractivity contribution in [3.05, 3.63) is 45.4 Å². The third-order valence-electron chi connectivity index (χ3n) is 7.13. The number of unbranched alkanes of at least 4 members (excludes halogenated alkanes) is 1. The number of hydrogen-bond donors (Lipinski definition) is 1. The Morgan fingerprint density at radius 2 is 1.93 bits per heavy atom. The number of morpholine rings is 1. The number of halogens is 3. The molecule has 0 saturated carbocycles. The Kier molecular flexibility index (Phi) is 13.6. The highest BCUT2D eigenvalue weighted by Crippen LogP contribution is 2.30. The number of thiophene rings is 1. The van der Waals surface area contributed by atoms with Crippen LogP contribution in [0.25, 0.3) is 0 Å². The van der Waals surface area contributed by atoms with Crippen molar-refractivity contribution in [1.29, 1.82) is 0 Å². The van der Waals surface area contributed by atoms with Crippen molar-refractivity contribution < 1.29 is 37.8 Å². The molecule has 0 aliphatic carbocycles. The van der Waals surface area contributed by atoms with E-state index < -0.39 is 35.9 Å². The van der Waals surface area contributed by atoms with Crippen LogP contribution in [0.5, 0.6) is 0 Å². The normalized spacial score (nSPS) is 17.2. The smallest absolute Gasteiger partial charge is 0.414 e. The van der Waals surface area contributed by atoms with Crippen molar-refractivity contribution in [2.45, 2.75) is 45.3 Å². The second-order valence-corrected chi connectivity index (χ2v) is 13.5. The molecule has 11 nitrogen and oxygen atoms in total. The standard InChI is InChI=1S/C29H34ClFN4O7S2.ClH/c1-17(2)26(32)28(39)43-12-4-3-5-24(36)35(27(38)22-8-9-23(30)44-22)15-19-14-34(29(40)42-19)21-7-6-18(13-20(21)31)33-10-11-41-16-25(33)37;/h6-9,13,17,19,26H,3-5,10-12,14-16,32H2,1-2H3;1H/t19-,26+;/m1./s1. The number of benzene rings is 1. The Bertz CT molecular complexity index is 1410. The van der Waals surface area contributed by atoms with Gasteiger partial charge in [-0.05, 0) is 49.1 Å². The molecule has 246 valence electrons. The van der Waals surface area contributed by atoms with E-state index >= 15 is 4.39 Å². The van der Waals surface area contributed by atoms with Crippen molar-refractivity contribution in [3.63, 3.8) is 0 Å². The van der Waals surface area contributed by atoms with E-state index in [1.807, 2.05) is 13.8 Å². The van der Waals surface area contributed by atoms with Gasteiger partial charge in [0.05, 0.1) is 40.6 Å². The molecule has 4 amide bonds. The molecule has 1 aromatic carbocycles. The summed E-state index contributed by atoms with van der Waals surface area (Å²) in [5.74, 6) is -1.58. The van der Waals surface area contributed by atoms with Crippen molar-refractivity contribution in [2.24, 2.45) is 11.7 Å². The highest BCUT2D eigenvalue weighted by atomic mass is 35.5. The van der Waals surface area contributed by atoms with Crippen LogP contribution in [-0.4, -0.2) is 84.6 Å². The number of rotatable bonds is 12. The molecule has 16 heteroatoms. The van der Waals surface area contributed by atoms with Gasteiger partial charge in [-0.1, -0.05) is 37.2 Å². The van der Waals surface area contributed by atoms with E-state index in [0.717, 1.165) is 32.9 Å². The van der Waals surface area contributed by atoms with Crippen LogP contribution in [-0.2, 0) is 23.9 Å². The largest absolute Gasteiger partial charge is 0.442 e. The van der Waals surface area contributed by atoms with Gasteiger partial charge in [-0.15, -0.1) is 23.7 Å². The summed E-state index contributed by atoms with van der Waals surface area (Å²) in [7, 11) is 0. The summed E-state index contributed by atoms with van der Waals surface area (Å²) < 4.78 is 26.1. The van der Waals surface area contributed by atoms with E-state index in [0.29, 0.717) is 35.2 Å². The van der Waals surface area contributed by atoms with Crippen molar-refractivity contribution in [2.75, 3.05) is 48.4 Å². The molecule has 2 fully saturated rings. The average molecular weight is 706 g/mol. The fraction of sp³-hybridized carbons (Fsp3) is 0.483. The molecule has 2 N–H and O–H groups in total. The van der Waals surface area contributed by atoms with E-state index in [1.165, 1.54) is 29.2 Å². The number of nitrogens with two attached hydrogens (primary N) is 1. The third-order valence-corrected chi connectivity index (χ3v) is 9.40. The summed E-state index contributed by atoms with van der Waals surface area (Å²) in [5.41, 5.74) is 6.17. The molecule has 2 aromatic rings. The van der Waals surface area contributed by atoms with E-state index in [1.54, 1.807) is 6.07 Å². The summed E-state index contributed by atoms with van der Waals surface area (Å²) in [4.78, 5) is 67.4. The Morgan fingerprint density at radius 3 is 2.58 bits per heavy atom. The quantitative estimate of drug-likeness (QED) is 0.311. The van der Waals surface area contributed by atoms with Gasteiger partial charge < -0.3 is 20.1 Å². The molecule has 2 atom stereocenters. The van der Waals surface area contributed by atoms with Crippen LogP contribution in [0.2, 0.25) is 4.34 Å². The molecular weight excluding hydrogens is 670 g/mol. The lowest BCUT2D eigenvalue weighted by Gasteiger charge is -2.27. The second-order valence-electron chi connectivity index (χ2n) is 10.7.